The van der Waals surface area contributed by atoms with E-state index in [1.165, 1.54) is 18.4 Å². The lowest BCUT2D eigenvalue weighted by molar-refractivity contribution is -0.142. The number of amides is 1. The summed E-state index contributed by atoms with van der Waals surface area (Å²) < 4.78 is 0. The van der Waals surface area contributed by atoms with Crippen molar-refractivity contribution in [3.05, 3.63) is 47.5 Å². The largest absolute Gasteiger partial charge is 0.335 e. The van der Waals surface area contributed by atoms with E-state index >= 15 is 0 Å². The number of benzene rings is 1. The van der Waals surface area contributed by atoms with Crippen molar-refractivity contribution < 1.29 is 4.79 Å². The van der Waals surface area contributed by atoms with E-state index in [2.05, 4.69) is 23.6 Å². The summed E-state index contributed by atoms with van der Waals surface area (Å²) in [7, 11) is 0. The van der Waals surface area contributed by atoms with Gasteiger partial charge in [0.1, 0.15) is 0 Å². The fourth-order valence-corrected chi connectivity index (χ4v) is 3.40. The van der Waals surface area contributed by atoms with Crippen LogP contribution in [0.2, 0.25) is 5.02 Å². The number of rotatable bonds is 5. The normalized spacial score (nSPS) is 26.0. The van der Waals surface area contributed by atoms with Gasteiger partial charge in [0.25, 0.3) is 0 Å². The molecular weight excluding hydrogens is 282 g/mol. The minimum atomic E-state index is 0.129. The van der Waals surface area contributed by atoms with Crippen LogP contribution in [0.15, 0.2) is 36.9 Å². The van der Waals surface area contributed by atoms with E-state index in [-0.39, 0.29) is 12.0 Å². The molecule has 3 heteroatoms. The number of allylic oxidation sites excluding steroid dienone is 1. The quantitative estimate of drug-likeness (QED) is 0.728. The second kappa shape index (κ2) is 6.23. The monoisotopic (exact) mass is 303 g/mol. The molecule has 0 aromatic heterocycles. The fraction of sp³-hybridized carbons (Fsp3) is 0.500. The third kappa shape index (κ3) is 3.32. The van der Waals surface area contributed by atoms with Gasteiger partial charge >= 0.3 is 0 Å². The van der Waals surface area contributed by atoms with Gasteiger partial charge in [-0.05, 0) is 55.7 Å². The van der Waals surface area contributed by atoms with Gasteiger partial charge in [0.05, 0.1) is 6.04 Å². The molecule has 1 aliphatic heterocycles. The third-order valence-corrected chi connectivity index (χ3v) is 4.91. The van der Waals surface area contributed by atoms with Crippen LogP contribution in [-0.4, -0.2) is 17.4 Å². The van der Waals surface area contributed by atoms with Gasteiger partial charge in [0, 0.05) is 17.5 Å². The second-order valence-corrected chi connectivity index (χ2v) is 6.74. The minimum Gasteiger partial charge on any atom is -0.335 e. The van der Waals surface area contributed by atoms with Crippen molar-refractivity contribution >= 4 is 17.5 Å². The van der Waals surface area contributed by atoms with Crippen molar-refractivity contribution in [3.63, 3.8) is 0 Å². The van der Waals surface area contributed by atoms with Crippen LogP contribution >= 0.6 is 11.6 Å². The molecule has 1 heterocycles. The van der Waals surface area contributed by atoms with Gasteiger partial charge in [0.15, 0.2) is 0 Å². The van der Waals surface area contributed by atoms with Crippen LogP contribution in [-0.2, 0) is 4.79 Å². The number of carbonyl (C=O) groups excluding carboxylic acids is 1. The summed E-state index contributed by atoms with van der Waals surface area (Å²) in [6.07, 6.45) is 7.21. The number of nitrogens with zero attached hydrogens (tertiary/aromatic N) is 1. The van der Waals surface area contributed by atoms with E-state index in [0.717, 1.165) is 30.8 Å². The summed E-state index contributed by atoms with van der Waals surface area (Å²) in [6, 6.07) is 8.19. The van der Waals surface area contributed by atoms with Crippen LogP contribution in [0.4, 0.5) is 0 Å². The zero-order chi connectivity index (χ0) is 14.8. The van der Waals surface area contributed by atoms with E-state index in [9.17, 15) is 4.79 Å². The molecule has 21 heavy (non-hydrogen) atoms. The van der Waals surface area contributed by atoms with Gasteiger partial charge in [-0.15, -0.1) is 6.58 Å². The summed E-state index contributed by atoms with van der Waals surface area (Å²) in [6.45, 7) is 4.71. The molecule has 0 radical (unpaired) electrons. The second-order valence-electron chi connectivity index (χ2n) is 6.30. The van der Waals surface area contributed by atoms with E-state index in [1.807, 2.05) is 18.2 Å². The Kier molecular flexibility index (Phi) is 4.34. The highest BCUT2D eigenvalue weighted by molar-refractivity contribution is 6.30. The molecule has 1 aliphatic carbocycles. The average molecular weight is 304 g/mol. The van der Waals surface area contributed by atoms with Gasteiger partial charge in [-0.1, -0.05) is 29.8 Å². The Morgan fingerprint density at radius 1 is 1.19 bits per heavy atom. The first-order valence-corrected chi connectivity index (χ1v) is 8.23. The van der Waals surface area contributed by atoms with Gasteiger partial charge in [0.2, 0.25) is 5.91 Å². The number of hydrogen-bond acceptors (Lipinski definition) is 1. The van der Waals surface area contributed by atoms with Crippen LogP contribution < -0.4 is 0 Å². The Bertz CT molecular complexity index is 521. The lowest BCUT2D eigenvalue weighted by Gasteiger charge is -2.39. The van der Waals surface area contributed by atoms with Gasteiger partial charge in [-0.25, -0.2) is 0 Å². The molecule has 1 aromatic rings. The number of carbonyl (C=O) groups is 1. The minimum absolute atomic E-state index is 0.129. The summed E-state index contributed by atoms with van der Waals surface area (Å²) in [5.74, 6) is 1.16. The number of hydrogen-bond donors (Lipinski definition) is 0. The smallest absolute Gasteiger partial charge is 0.226 e. The number of piperidine rings is 1. The van der Waals surface area contributed by atoms with Crippen LogP contribution in [0, 0.1) is 11.8 Å². The summed E-state index contributed by atoms with van der Waals surface area (Å²) in [4.78, 5) is 14.9. The molecule has 1 saturated carbocycles. The van der Waals surface area contributed by atoms with Crippen molar-refractivity contribution in [1.29, 1.82) is 0 Å². The molecular formula is C18H22ClNO. The van der Waals surface area contributed by atoms with Crippen molar-refractivity contribution in [1.82, 2.24) is 4.90 Å². The summed E-state index contributed by atoms with van der Waals surface area (Å²) >= 11 is 5.98. The molecule has 3 rings (SSSR count). The maximum Gasteiger partial charge on any atom is 0.226 e. The molecule has 0 spiro atoms. The lowest BCUT2D eigenvalue weighted by Crippen LogP contribution is -2.44. The highest BCUT2D eigenvalue weighted by Gasteiger charge is 2.38. The Hall–Kier alpha value is -1.28. The maximum atomic E-state index is 12.8. The summed E-state index contributed by atoms with van der Waals surface area (Å²) in [5, 5.41) is 0.749. The van der Waals surface area contributed by atoms with Gasteiger partial charge < -0.3 is 4.90 Å². The van der Waals surface area contributed by atoms with Crippen molar-refractivity contribution in [3.8, 4) is 0 Å². The summed E-state index contributed by atoms with van der Waals surface area (Å²) in [5.41, 5.74) is 1.21. The molecule has 1 unspecified atom stereocenters. The molecule has 2 fully saturated rings. The molecule has 112 valence electrons. The zero-order valence-electron chi connectivity index (χ0n) is 12.3. The Morgan fingerprint density at radius 3 is 2.52 bits per heavy atom. The first kappa shape index (κ1) is 14.6. The first-order valence-electron chi connectivity index (χ1n) is 7.86. The standard InChI is InChI=1S/C18H22ClNO/c1-2-3-15-8-11-17(14-6-9-16(19)10-7-14)20(18(15)21)12-13-4-5-13/h2,6-7,9-10,13,15,17H,1,3-5,8,11-12H2/t15?,17-/m0/s1. The molecule has 1 aromatic carbocycles. The fourth-order valence-electron chi connectivity index (χ4n) is 3.27. The van der Waals surface area contributed by atoms with Gasteiger partial charge in [-0.3, -0.25) is 4.79 Å². The molecule has 1 amide bonds. The predicted molar refractivity (Wildman–Crippen MR) is 86.2 cm³/mol. The molecule has 0 N–H and O–H groups in total. The SMILES string of the molecule is C=CCC1CC[C@@H](c2ccc(Cl)cc2)N(CC2CC2)C1=O. The maximum absolute atomic E-state index is 12.8. The highest BCUT2D eigenvalue weighted by Crippen LogP contribution is 2.39. The zero-order valence-corrected chi connectivity index (χ0v) is 13.1. The van der Waals surface area contributed by atoms with Gasteiger partial charge in [-0.2, -0.15) is 0 Å². The van der Waals surface area contributed by atoms with E-state index in [0.29, 0.717) is 11.8 Å². The number of likely N-dealkylation sites (tertiary alicyclic amines) is 1. The van der Waals surface area contributed by atoms with Crippen LogP contribution in [0.1, 0.15) is 43.7 Å². The molecule has 2 aliphatic rings. The van der Waals surface area contributed by atoms with Crippen LogP contribution in [0.3, 0.4) is 0 Å². The number of halogens is 1. The van der Waals surface area contributed by atoms with Crippen LogP contribution in [0.5, 0.6) is 0 Å². The van der Waals surface area contributed by atoms with E-state index < -0.39 is 0 Å². The van der Waals surface area contributed by atoms with Crippen molar-refractivity contribution in [2.24, 2.45) is 11.8 Å². The topological polar surface area (TPSA) is 20.3 Å². The Morgan fingerprint density at radius 2 is 1.90 bits per heavy atom. The van der Waals surface area contributed by atoms with E-state index in [4.69, 9.17) is 11.6 Å². The highest BCUT2D eigenvalue weighted by atomic mass is 35.5. The van der Waals surface area contributed by atoms with Crippen LogP contribution in [0.25, 0.3) is 0 Å². The molecule has 2 atom stereocenters. The Balaban J connectivity index is 1.82. The molecule has 2 nitrogen and oxygen atoms in total. The molecule has 0 bridgehead atoms. The average Bonchev–Trinajstić information content (AvgIpc) is 3.29. The third-order valence-electron chi connectivity index (χ3n) is 4.65. The van der Waals surface area contributed by atoms with Crippen molar-refractivity contribution in [2.45, 2.75) is 38.1 Å². The predicted octanol–water partition coefficient (Wildman–Crippen LogP) is 4.61. The Labute approximate surface area is 131 Å². The lowest BCUT2D eigenvalue weighted by atomic mass is 9.86. The molecule has 1 saturated heterocycles. The van der Waals surface area contributed by atoms with Crippen molar-refractivity contribution in [2.75, 3.05) is 6.54 Å². The first-order chi connectivity index (χ1) is 10.2. The van der Waals surface area contributed by atoms with E-state index in [1.54, 1.807) is 0 Å².